The molecule has 1 aromatic heterocycles. The summed E-state index contributed by atoms with van der Waals surface area (Å²) in [6.07, 6.45) is 3.18. The number of carbonyl (C=O) groups is 1. The minimum absolute atomic E-state index is 0.0232. The molecule has 2 heterocycles. The number of aromatic nitrogens is 1. The summed E-state index contributed by atoms with van der Waals surface area (Å²) < 4.78 is 38.3. The number of hydrogen-bond acceptors (Lipinski definition) is 6. The number of benzene rings is 1. The van der Waals surface area contributed by atoms with Crippen LogP contribution in [0, 0.1) is 5.82 Å². The van der Waals surface area contributed by atoms with E-state index in [1.807, 2.05) is 6.92 Å². The van der Waals surface area contributed by atoms with Gasteiger partial charge in [-0.25, -0.2) is 4.39 Å². The van der Waals surface area contributed by atoms with E-state index < -0.39 is 16.6 Å². The van der Waals surface area contributed by atoms with Crippen molar-refractivity contribution in [2.75, 3.05) is 33.2 Å². The molecule has 0 radical (unpaired) electrons. The predicted molar refractivity (Wildman–Crippen MR) is 104 cm³/mol. The minimum Gasteiger partial charge on any atom is -0.340 e. The number of fused-ring (bicyclic) bond motifs is 1. The van der Waals surface area contributed by atoms with Gasteiger partial charge in [0, 0.05) is 42.6 Å². The summed E-state index contributed by atoms with van der Waals surface area (Å²) in [6, 6.07) is 4.60. The fourth-order valence-electron chi connectivity index (χ4n) is 3.52. The SMILES string of the molecule is CNCC(=O)N1CCCN(S(O)(O)c2cccc3cncc(F)c23)[C@@H](C)C1. The Labute approximate surface area is 159 Å². The van der Waals surface area contributed by atoms with E-state index in [0.717, 1.165) is 6.20 Å². The van der Waals surface area contributed by atoms with Gasteiger partial charge in [0.15, 0.2) is 5.82 Å². The third-order valence-corrected chi connectivity index (χ3v) is 6.91. The van der Waals surface area contributed by atoms with Crippen molar-refractivity contribution >= 4 is 27.5 Å². The summed E-state index contributed by atoms with van der Waals surface area (Å²) in [4.78, 5) is 17.9. The number of halogens is 1. The number of rotatable bonds is 4. The van der Waals surface area contributed by atoms with E-state index in [-0.39, 0.29) is 28.8 Å². The lowest BCUT2D eigenvalue weighted by molar-refractivity contribution is -0.130. The van der Waals surface area contributed by atoms with Crippen LogP contribution >= 0.6 is 10.8 Å². The Balaban J connectivity index is 1.94. The summed E-state index contributed by atoms with van der Waals surface area (Å²) >= 11 is 0. The van der Waals surface area contributed by atoms with Gasteiger partial charge in [0.1, 0.15) is 0 Å². The lowest BCUT2D eigenvalue weighted by atomic mass is 10.2. The second kappa shape index (κ2) is 8.07. The van der Waals surface area contributed by atoms with E-state index in [0.29, 0.717) is 31.4 Å². The molecule has 0 saturated carbocycles. The zero-order valence-electron chi connectivity index (χ0n) is 15.4. The molecule has 0 unspecified atom stereocenters. The van der Waals surface area contributed by atoms with Crippen LogP contribution in [0.2, 0.25) is 0 Å². The van der Waals surface area contributed by atoms with Crippen LogP contribution in [0.15, 0.2) is 35.5 Å². The van der Waals surface area contributed by atoms with Crippen molar-refractivity contribution in [2.45, 2.75) is 24.3 Å². The maximum Gasteiger partial charge on any atom is 0.236 e. The van der Waals surface area contributed by atoms with Crippen LogP contribution in [0.1, 0.15) is 13.3 Å². The van der Waals surface area contributed by atoms with Crippen molar-refractivity contribution in [1.29, 1.82) is 0 Å². The summed E-state index contributed by atoms with van der Waals surface area (Å²) in [5.74, 6) is -0.610. The smallest absolute Gasteiger partial charge is 0.236 e. The normalized spacial score (nSPS) is 19.9. The first-order valence-electron chi connectivity index (χ1n) is 8.86. The molecular formula is C18H25FN4O3S. The van der Waals surface area contributed by atoms with E-state index in [1.165, 1.54) is 6.20 Å². The number of pyridine rings is 1. The fourth-order valence-corrected chi connectivity index (χ4v) is 5.48. The Morgan fingerprint density at radius 3 is 2.89 bits per heavy atom. The van der Waals surface area contributed by atoms with Crippen LogP contribution in [0.5, 0.6) is 0 Å². The largest absolute Gasteiger partial charge is 0.340 e. The summed E-state index contributed by atoms with van der Waals surface area (Å²) in [5, 5.41) is 3.54. The summed E-state index contributed by atoms with van der Waals surface area (Å²) in [6.45, 7) is 3.42. The van der Waals surface area contributed by atoms with Crippen LogP contribution in [0.25, 0.3) is 10.8 Å². The van der Waals surface area contributed by atoms with E-state index in [9.17, 15) is 18.3 Å². The molecule has 1 aliphatic rings. The number of hydrogen-bond donors (Lipinski definition) is 3. The molecule has 0 spiro atoms. The van der Waals surface area contributed by atoms with Gasteiger partial charge in [-0.2, -0.15) is 4.31 Å². The van der Waals surface area contributed by atoms with Gasteiger partial charge >= 0.3 is 0 Å². The van der Waals surface area contributed by atoms with Crippen LogP contribution < -0.4 is 5.32 Å². The lowest BCUT2D eigenvalue weighted by Gasteiger charge is -2.46. The first-order valence-corrected chi connectivity index (χ1v) is 10.4. The highest BCUT2D eigenvalue weighted by atomic mass is 32.3. The maximum atomic E-state index is 14.4. The highest BCUT2D eigenvalue weighted by molar-refractivity contribution is 8.22. The summed E-state index contributed by atoms with van der Waals surface area (Å²) in [5.41, 5.74) is 0. The third kappa shape index (κ3) is 3.92. The number of likely N-dealkylation sites (N-methyl/N-ethyl adjacent to an activating group) is 1. The van der Waals surface area contributed by atoms with Gasteiger partial charge in [-0.05, 0) is 26.5 Å². The predicted octanol–water partition coefficient (Wildman–Crippen LogP) is 2.54. The molecule has 27 heavy (non-hydrogen) atoms. The zero-order valence-corrected chi connectivity index (χ0v) is 16.2. The van der Waals surface area contributed by atoms with Crippen molar-refractivity contribution < 1.29 is 18.3 Å². The molecule has 3 rings (SSSR count). The van der Waals surface area contributed by atoms with Crippen molar-refractivity contribution in [2.24, 2.45) is 0 Å². The standard InChI is InChI=1S/C18H25FN4O3S/c1-13-12-22(17(24)11-20-2)7-4-8-23(13)27(25,26)16-6-3-5-14-9-21-10-15(19)18(14)16/h3,5-6,9-10,13,20,25-26H,4,7-8,11-12H2,1-2H3/t13-/m0/s1. The van der Waals surface area contributed by atoms with E-state index in [4.69, 9.17) is 0 Å². The second-order valence-corrected chi connectivity index (χ2v) is 8.65. The van der Waals surface area contributed by atoms with Gasteiger partial charge < -0.3 is 10.2 Å². The summed E-state index contributed by atoms with van der Waals surface area (Å²) in [7, 11) is -1.72. The van der Waals surface area contributed by atoms with Crippen LogP contribution in [0.4, 0.5) is 4.39 Å². The number of nitrogens with zero attached hydrogens (tertiary/aromatic N) is 3. The van der Waals surface area contributed by atoms with Crippen molar-refractivity contribution in [3.63, 3.8) is 0 Å². The molecule has 0 aliphatic carbocycles. The zero-order chi connectivity index (χ0) is 19.6. The quantitative estimate of drug-likeness (QED) is 0.736. The average Bonchev–Trinajstić information content (AvgIpc) is 2.84. The van der Waals surface area contributed by atoms with E-state index >= 15 is 0 Å². The molecule has 2 aromatic rings. The van der Waals surface area contributed by atoms with Gasteiger partial charge in [0.05, 0.1) is 17.6 Å². The highest BCUT2D eigenvalue weighted by Crippen LogP contribution is 2.55. The Hall–Kier alpha value is -1.78. The van der Waals surface area contributed by atoms with Gasteiger partial charge in [-0.1, -0.05) is 12.1 Å². The number of amides is 1. The lowest BCUT2D eigenvalue weighted by Crippen LogP contribution is -2.44. The van der Waals surface area contributed by atoms with E-state index in [1.54, 1.807) is 34.5 Å². The molecule has 1 aliphatic heterocycles. The second-order valence-electron chi connectivity index (χ2n) is 6.71. The molecular weight excluding hydrogens is 371 g/mol. The Bertz CT molecular complexity index is 830. The Kier molecular flexibility index (Phi) is 5.97. The van der Waals surface area contributed by atoms with Crippen molar-refractivity contribution in [3.05, 3.63) is 36.4 Å². The van der Waals surface area contributed by atoms with Crippen molar-refractivity contribution in [3.8, 4) is 0 Å². The highest BCUT2D eigenvalue weighted by Gasteiger charge is 2.34. The molecule has 1 amide bonds. The van der Waals surface area contributed by atoms with Gasteiger partial charge in [-0.15, -0.1) is 10.8 Å². The topological polar surface area (TPSA) is 88.9 Å². The monoisotopic (exact) mass is 396 g/mol. The van der Waals surface area contributed by atoms with Crippen LogP contribution in [0.3, 0.4) is 0 Å². The fraction of sp³-hybridized carbons (Fsp3) is 0.444. The molecule has 0 bridgehead atoms. The number of nitrogens with one attached hydrogen (secondary N) is 1. The van der Waals surface area contributed by atoms with Crippen molar-refractivity contribution in [1.82, 2.24) is 19.5 Å². The molecule has 3 N–H and O–H groups in total. The van der Waals surface area contributed by atoms with Gasteiger partial charge in [0.25, 0.3) is 0 Å². The molecule has 1 aromatic carbocycles. The Morgan fingerprint density at radius 1 is 1.37 bits per heavy atom. The van der Waals surface area contributed by atoms with Crippen LogP contribution in [-0.4, -0.2) is 68.5 Å². The molecule has 1 saturated heterocycles. The molecule has 1 fully saturated rings. The Morgan fingerprint density at radius 2 is 2.15 bits per heavy atom. The average molecular weight is 396 g/mol. The van der Waals surface area contributed by atoms with Gasteiger partial charge in [-0.3, -0.25) is 18.9 Å². The van der Waals surface area contributed by atoms with Crippen LogP contribution in [-0.2, 0) is 4.79 Å². The first kappa shape index (κ1) is 20.0. The minimum atomic E-state index is -3.43. The maximum absolute atomic E-state index is 14.4. The van der Waals surface area contributed by atoms with Gasteiger partial charge in [0.2, 0.25) is 5.91 Å². The molecule has 7 nitrogen and oxygen atoms in total. The molecule has 1 atom stereocenters. The van der Waals surface area contributed by atoms with E-state index in [2.05, 4.69) is 10.3 Å². The molecule has 148 valence electrons. The third-order valence-electron chi connectivity index (χ3n) is 4.78. The molecule has 9 heteroatoms. The number of carbonyl (C=O) groups excluding carboxylic acids is 1. The first-order chi connectivity index (χ1) is 12.9.